The summed E-state index contributed by atoms with van der Waals surface area (Å²) in [6, 6.07) is 2.50. The minimum absolute atomic E-state index is 0.113. The molecule has 0 aromatic carbocycles. The van der Waals surface area contributed by atoms with E-state index in [1.165, 1.54) is 0 Å². The molecular weight excluding hydrogens is 288 g/mol. The predicted molar refractivity (Wildman–Crippen MR) is 84.4 cm³/mol. The molecule has 1 rings (SSSR count). The van der Waals surface area contributed by atoms with Crippen molar-refractivity contribution < 1.29 is 14.7 Å². The second kappa shape index (κ2) is 8.02. The molecule has 1 heterocycles. The Balaban J connectivity index is 2.67. The fraction of sp³-hybridized carbons (Fsp3) is 0.600. The van der Waals surface area contributed by atoms with Crippen molar-refractivity contribution in [2.45, 2.75) is 46.2 Å². The van der Waals surface area contributed by atoms with Crippen LogP contribution in [0.15, 0.2) is 17.5 Å². The number of rotatable bonds is 7. The van der Waals surface area contributed by atoms with Gasteiger partial charge in [0, 0.05) is 4.88 Å². The van der Waals surface area contributed by atoms with E-state index < -0.39 is 18.0 Å². The molecule has 2 amide bonds. The van der Waals surface area contributed by atoms with E-state index in [-0.39, 0.29) is 17.9 Å². The first-order valence-electron chi connectivity index (χ1n) is 7.14. The van der Waals surface area contributed by atoms with Gasteiger partial charge in [-0.1, -0.05) is 33.8 Å². The maximum absolute atomic E-state index is 12.1. The van der Waals surface area contributed by atoms with E-state index in [4.69, 9.17) is 5.11 Å². The van der Waals surface area contributed by atoms with Gasteiger partial charge in [-0.25, -0.2) is 9.59 Å². The number of thiophene rings is 1. The Kier molecular flexibility index (Phi) is 6.68. The number of aliphatic carboxylic acids is 1. The Morgan fingerprint density at radius 2 is 1.90 bits per heavy atom. The molecule has 0 aliphatic carbocycles. The molecule has 1 aromatic heterocycles. The van der Waals surface area contributed by atoms with E-state index in [1.807, 2.05) is 45.2 Å². The highest BCUT2D eigenvalue weighted by Crippen LogP contribution is 2.25. The van der Waals surface area contributed by atoms with Crippen molar-refractivity contribution in [3.63, 3.8) is 0 Å². The number of carboxylic acids is 1. The minimum atomic E-state index is -1.00. The lowest BCUT2D eigenvalue weighted by Crippen LogP contribution is -2.48. The van der Waals surface area contributed by atoms with Gasteiger partial charge in [0.1, 0.15) is 6.04 Å². The smallest absolute Gasteiger partial charge is 0.326 e. The number of urea groups is 1. The maximum Gasteiger partial charge on any atom is 0.326 e. The summed E-state index contributed by atoms with van der Waals surface area (Å²) in [6.07, 6.45) is 0.411. The lowest BCUT2D eigenvalue weighted by Gasteiger charge is -2.23. The van der Waals surface area contributed by atoms with Gasteiger partial charge < -0.3 is 15.7 Å². The molecule has 1 aromatic rings. The monoisotopic (exact) mass is 312 g/mol. The van der Waals surface area contributed by atoms with Crippen LogP contribution in [-0.4, -0.2) is 23.1 Å². The Morgan fingerprint density at radius 1 is 1.24 bits per heavy atom. The zero-order chi connectivity index (χ0) is 16.0. The van der Waals surface area contributed by atoms with Crippen molar-refractivity contribution >= 4 is 23.3 Å². The number of carboxylic acid groups (broad SMARTS) is 1. The fourth-order valence-electron chi connectivity index (χ4n) is 2.07. The standard InChI is InChI=1S/C15H24N2O3S/c1-9(2)8-11(14(18)19)16-15(20)17-13(10(3)4)12-6-5-7-21-12/h5-7,9-11,13H,8H2,1-4H3,(H,18,19)(H2,16,17,20)/t11-,13?/m1/s1. The molecule has 0 aliphatic heterocycles. The van der Waals surface area contributed by atoms with Crippen LogP contribution in [0.25, 0.3) is 0 Å². The molecule has 5 nitrogen and oxygen atoms in total. The number of carbonyl (C=O) groups is 2. The topological polar surface area (TPSA) is 78.4 Å². The maximum atomic E-state index is 12.1. The van der Waals surface area contributed by atoms with E-state index >= 15 is 0 Å². The molecule has 21 heavy (non-hydrogen) atoms. The summed E-state index contributed by atoms with van der Waals surface area (Å²) >= 11 is 1.58. The molecule has 0 fully saturated rings. The van der Waals surface area contributed by atoms with Crippen LogP contribution in [0, 0.1) is 11.8 Å². The van der Waals surface area contributed by atoms with Crippen LogP contribution in [-0.2, 0) is 4.79 Å². The number of carbonyl (C=O) groups excluding carboxylic acids is 1. The lowest BCUT2D eigenvalue weighted by atomic mass is 10.0. The van der Waals surface area contributed by atoms with Gasteiger partial charge in [0.2, 0.25) is 0 Å². The molecule has 118 valence electrons. The molecule has 6 heteroatoms. The molecule has 1 unspecified atom stereocenters. The van der Waals surface area contributed by atoms with Crippen LogP contribution in [0.3, 0.4) is 0 Å². The summed E-state index contributed by atoms with van der Waals surface area (Å²) in [7, 11) is 0. The van der Waals surface area contributed by atoms with Crippen molar-refractivity contribution in [1.82, 2.24) is 10.6 Å². The highest BCUT2D eigenvalue weighted by Gasteiger charge is 2.24. The number of hydrogen-bond donors (Lipinski definition) is 3. The highest BCUT2D eigenvalue weighted by molar-refractivity contribution is 7.10. The number of amides is 2. The van der Waals surface area contributed by atoms with E-state index in [0.717, 1.165) is 4.88 Å². The van der Waals surface area contributed by atoms with Crippen LogP contribution in [0.4, 0.5) is 4.79 Å². The third kappa shape index (κ3) is 5.75. The average Bonchev–Trinajstić information content (AvgIpc) is 2.87. The first-order valence-corrected chi connectivity index (χ1v) is 8.02. The van der Waals surface area contributed by atoms with E-state index in [9.17, 15) is 9.59 Å². The summed E-state index contributed by atoms with van der Waals surface area (Å²) in [5.41, 5.74) is 0. The van der Waals surface area contributed by atoms with E-state index in [1.54, 1.807) is 11.3 Å². The van der Waals surface area contributed by atoms with E-state index in [0.29, 0.717) is 6.42 Å². The molecule has 0 saturated carbocycles. The Bertz CT molecular complexity index is 457. The summed E-state index contributed by atoms with van der Waals surface area (Å²) in [5.74, 6) is -0.580. The molecule has 3 N–H and O–H groups in total. The third-order valence-electron chi connectivity index (χ3n) is 3.11. The van der Waals surface area contributed by atoms with Gasteiger partial charge in [0.25, 0.3) is 0 Å². The van der Waals surface area contributed by atoms with Crippen LogP contribution in [0.1, 0.15) is 45.0 Å². The average molecular weight is 312 g/mol. The first kappa shape index (κ1) is 17.5. The van der Waals surface area contributed by atoms with Gasteiger partial charge in [-0.05, 0) is 29.7 Å². The molecule has 0 radical (unpaired) electrons. The zero-order valence-electron chi connectivity index (χ0n) is 12.9. The van der Waals surface area contributed by atoms with Crippen LogP contribution in [0.2, 0.25) is 0 Å². The van der Waals surface area contributed by atoms with Crippen molar-refractivity contribution in [3.05, 3.63) is 22.4 Å². The fourth-order valence-corrected chi connectivity index (χ4v) is 3.02. The number of nitrogens with one attached hydrogen (secondary N) is 2. The van der Waals surface area contributed by atoms with Gasteiger partial charge >= 0.3 is 12.0 Å². The summed E-state index contributed by atoms with van der Waals surface area (Å²) < 4.78 is 0. The summed E-state index contributed by atoms with van der Waals surface area (Å²) in [4.78, 5) is 24.3. The molecule has 0 spiro atoms. The van der Waals surface area contributed by atoms with Gasteiger partial charge in [0.05, 0.1) is 6.04 Å². The molecule has 0 saturated heterocycles. The number of hydrogen-bond acceptors (Lipinski definition) is 3. The normalized spacial score (nSPS) is 14.0. The Morgan fingerprint density at radius 3 is 2.33 bits per heavy atom. The summed E-state index contributed by atoms with van der Waals surface area (Å²) in [6.45, 7) is 7.90. The second-order valence-electron chi connectivity index (χ2n) is 5.88. The van der Waals surface area contributed by atoms with Crippen LogP contribution >= 0.6 is 11.3 Å². The molecule has 0 bridgehead atoms. The second-order valence-corrected chi connectivity index (χ2v) is 6.85. The van der Waals surface area contributed by atoms with Crippen molar-refractivity contribution in [1.29, 1.82) is 0 Å². The quantitative estimate of drug-likeness (QED) is 0.723. The van der Waals surface area contributed by atoms with Crippen LogP contribution in [0.5, 0.6) is 0 Å². The summed E-state index contributed by atoms with van der Waals surface area (Å²) in [5, 5.41) is 16.5. The van der Waals surface area contributed by atoms with Crippen molar-refractivity contribution in [2.75, 3.05) is 0 Å². The Labute approximate surface area is 129 Å². The first-order chi connectivity index (χ1) is 9.81. The Hall–Kier alpha value is -1.56. The molecular formula is C15H24N2O3S. The SMILES string of the molecule is CC(C)C[C@@H](NC(=O)NC(c1cccs1)C(C)C)C(=O)O. The lowest BCUT2D eigenvalue weighted by molar-refractivity contribution is -0.139. The predicted octanol–water partition coefficient (Wildman–Crippen LogP) is 3.24. The van der Waals surface area contributed by atoms with Gasteiger partial charge in [-0.2, -0.15) is 0 Å². The van der Waals surface area contributed by atoms with E-state index in [2.05, 4.69) is 10.6 Å². The van der Waals surface area contributed by atoms with Gasteiger partial charge in [-0.3, -0.25) is 0 Å². The third-order valence-corrected chi connectivity index (χ3v) is 4.07. The van der Waals surface area contributed by atoms with Crippen molar-refractivity contribution in [2.24, 2.45) is 11.8 Å². The van der Waals surface area contributed by atoms with Gasteiger partial charge in [-0.15, -0.1) is 11.3 Å². The molecule has 2 atom stereocenters. The van der Waals surface area contributed by atoms with Gasteiger partial charge in [0.15, 0.2) is 0 Å². The zero-order valence-corrected chi connectivity index (χ0v) is 13.7. The van der Waals surface area contributed by atoms with Crippen LogP contribution < -0.4 is 10.6 Å². The van der Waals surface area contributed by atoms with Crippen molar-refractivity contribution in [3.8, 4) is 0 Å². The largest absolute Gasteiger partial charge is 0.480 e. The minimum Gasteiger partial charge on any atom is -0.480 e. The molecule has 0 aliphatic rings. The highest BCUT2D eigenvalue weighted by atomic mass is 32.1.